The molecule has 0 spiro atoms. The molecule has 0 bridgehead atoms. The first-order chi connectivity index (χ1) is 10.8. The second-order valence-corrected chi connectivity index (χ2v) is 12.5. The Morgan fingerprint density at radius 2 is 1.74 bits per heavy atom. The van der Waals surface area contributed by atoms with Crippen LogP contribution < -0.4 is 9.75 Å². The van der Waals surface area contributed by atoms with Gasteiger partial charge in [0.1, 0.15) is 7.05 Å². The summed E-state index contributed by atoms with van der Waals surface area (Å²) in [5, 5.41) is 4.16. The van der Waals surface area contributed by atoms with E-state index in [1.54, 1.807) is 0 Å². The van der Waals surface area contributed by atoms with Crippen LogP contribution in [0.5, 0.6) is 0 Å². The van der Waals surface area contributed by atoms with Gasteiger partial charge in [-0.15, -0.1) is 0 Å². The van der Waals surface area contributed by atoms with Crippen molar-refractivity contribution in [2.75, 3.05) is 0 Å². The maximum absolute atomic E-state index is 4.25. The largest absolute Gasteiger partial charge is 0.264 e. The summed E-state index contributed by atoms with van der Waals surface area (Å²) < 4.78 is 2.29. The van der Waals surface area contributed by atoms with E-state index in [1.165, 1.54) is 38.5 Å². The highest BCUT2D eigenvalue weighted by Gasteiger charge is 2.22. The minimum Gasteiger partial charge on any atom is -0.264 e. The van der Waals surface area contributed by atoms with Gasteiger partial charge in [-0.2, -0.15) is 4.57 Å². The molecule has 3 rings (SSSR count). The van der Waals surface area contributed by atoms with Gasteiger partial charge in [0.25, 0.3) is 0 Å². The van der Waals surface area contributed by atoms with Crippen LogP contribution in [0, 0.1) is 13.8 Å². The van der Waals surface area contributed by atoms with Crippen LogP contribution in [0.4, 0.5) is 0 Å². The molecule has 0 saturated heterocycles. The topological polar surface area (TPSA) is 16.8 Å². The van der Waals surface area contributed by atoms with Gasteiger partial charge in [-0.25, -0.2) is 0 Å². The SMILES string of the molecule is Cc1cnccc1-c1c2ccc([Si](C)(C)C)cc2cc(C)[n+]1C. The smallest absolute Gasteiger partial charge is 0.220 e. The molecule has 0 unspecified atom stereocenters. The summed E-state index contributed by atoms with van der Waals surface area (Å²) in [7, 11) is 0.843. The van der Waals surface area contributed by atoms with Crippen molar-refractivity contribution in [2.45, 2.75) is 33.5 Å². The predicted molar refractivity (Wildman–Crippen MR) is 101 cm³/mol. The summed E-state index contributed by atoms with van der Waals surface area (Å²) in [6.45, 7) is 11.5. The van der Waals surface area contributed by atoms with Gasteiger partial charge in [-0.05, 0) is 30.0 Å². The molecule has 0 N–H and O–H groups in total. The van der Waals surface area contributed by atoms with Gasteiger partial charge < -0.3 is 0 Å². The fraction of sp³-hybridized carbons (Fsp3) is 0.300. The lowest BCUT2D eigenvalue weighted by atomic mass is 10.0. The van der Waals surface area contributed by atoms with E-state index in [4.69, 9.17) is 0 Å². The first-order valence-corrected chi connectivity index (χ1v) is 11.6. The summed E-state index contributed by atoms with van der Waals surface area (Å²) >= 11 is 0. The van der Waals surface area contributed by atoms with Crippen LogP contribution in [0.2, 0.25) is 19.6 Å². The molecule has 2 heterocycles. The summed E-state index contributed by atoms with van der Waals surface area (Å²) in [5.74, 6) is 0. The van der Waals surface area contributed by atoms with Crippen LogP contribution in [-0.2, 0) is 7.05 Å². The molecule has 0 fully saturated rings. The van der Waals surface area contributed by atoms with Crippen LogP contribution in [0.3, 0.4) is 0 Å². The van der Waals surface area contributed by atoms with Gasteiger partial charge in [0.15, 0.2) is 5.69 Å². The quantitative estimate of drug-likeness (QED) is 0.517. The fourth-order valence-corrected chi connectivity index (χ4v) is 4.28. The molecule has 0 radical (unpaired) electrons. The number of pyridine rings is 2. The molecule has 2 nitrogen and oxygen atoms in total. The maximum atomic E-state index is 4.25. The van der Waals surface area contributed by atoms with Crippen molar-refractivity contribution in [1.29, 1.82) is 0 Å². The third kappa shape index (κ3) is 2.81. The van der Waals surface area contributed by atoms with Crippen LogP contribution in [-0.4, -0.2) is 13.1 Å². The summed E-state index contributed by atoms with van der Waals surface area (Å²) in [6, 6.07) is 11.4. The second kappa shape index (κ2) is 5.57. The Labute approximate surface area is 139 Å². The van der Waals surface area contributed by atoms with E-state index in [2.05, 4.69) is 80.4 Å². The van der Waals surface area contributed by atoms with Crippen LogP contribution in [0.15, 0.2) is 42.7 Å². The minimum absolute atomic E-state index is 1.21. The number of hydrogen-bond donors (Lipinski definition) is 0. The zero-order valence-electron chi connectivity index (χ0n) is 14.9. The van der Waals surface area contributed by atoms with E-state index < -0.39 is 8.07 Å². The number of nitrogens with zero attached hydrogens (tertiary/aromatic N) is 2. The molecular formula is C20H25N2Si+. The monoisotopic (exact) mass is 321 g/mol. The van der Waals surface area contributed by atoms with Crippen molar-refractivity contribution in [3.63, 3.8) is 0 Å². The van der Waals surface area contributed by atoms with Crippen molar-refractivity contribution in [3.05, 3.63) is 54.0 Å². The molecule has 1 aromatic carbocycles. The molecule has 0 aliphatic heterocycles. The van der Waals surface area contributed by atoms with Gasteiger partial charge in [-0.1, -0.05) is 37.0 Å². The number of aryl methyl sites for hydroxylation is 2. The van der Waals surface area contributed by atoms with Crippen molar-refractivity contribution in [1.82, 2.24) is 4.98 Å². The van der Waals surface area contributed by atoms with E-state index in [0.717, 1.165) is 0 Å². The Morgan fingerprint density at radius 3 is 2.39 bits per heavy atom. The highest BCUT2D eigenvalue weighted by molar-refractivity contribution is 6.88. The summed E-state index contributed by atoms with van der Waals surface area (Å²) in [5.41, 5.74) is 5.03. The molecule has 0 aliphatic carbocycles. The third-order valence-corrected chi connectivity index (χ3v) is 6.72. The van der Waals surface area contributed by atoms with E-state index in [1.807, 2.05) is 12.4 Å². The lowest BCUT2D eigenvalue weighted by Gasteiger charge is -2.18. The van der Waals surface area contributed by atoms with Crippen molar-refractivity contribution in [2.24, 2.45) is 7.05 Å². The van der Waals surface area contributed by atoms with Gasteiger partial charge >= 0.3 is 0 Å². The first kappa shape index (κ1) is 15.9. The molecule has 3 aromatic rings. The van der Waals surface area contributed by atoms with Crippen LogP contribution in [0.1, 0.15) is 11.3 Å². The van der Waals surface area contributed by atoms with Gasteiger partial charge in [0, 0.05) is 25.4 Å². The molecule has 23 heavy (non-hydrogen) atoms. The summed E-state index contributed by atoms with van der Waals surface area (Å²) in [6.07, 6.45) is 3.83. The average Bonchev–Trinajstić information content (AvgIpc) is 2.48. The second-order valence-electron chi connectivity index (χ2n) is 7.44. The molecule has 0 atom stereocenters. The molecule has 3 heteroatoms. The Bertz CT molecular complexity index is 892. The van der Waals surface area contributed by atoms with E-state index in [9.17, 15) is 0 Å². The highest BCUT2D eigenvalue weighted by atomic mass is 28.3. The van der Waals surface area contributed by atoms with Crippen LogP contribution in [0.25, 0.3) is 22.0 Å². The molecule has 0 amide bonds. The molecule has 0 saturated carbocycles. The number of rotatable bonds is 2. The van der Waals surface area contributed by atoms with Crippen molar-refractivity contribution < 1.29 is 4.57 Å². The Morgan fingerprint density at radius 1 is 1.00 bits per heavy atom. The zero-order chi connectivity index (χ0) is 16.8. The number of hydrogen-bond acceptors (Lipinski definition) is 1. The Balaban J connectivity index is 2.38. The highest BCUT2D eigenvalue weighted by Crippen LogP contribution is 2.28. The zero-order valence-corrected chi connectivity index (χ0v) is 15.9. The van der Waals surface area contributed by atoms with E-state index in [-0.39, 0.29) is 0 Å². The number of benzene rings is 1. The minimum atomic E-state index is -1.31. The lowest BCUT2D eigenvalue weighted by Crippen LogP contribution is -2.38. The fourth-order valence-electron chi connectivity index (χ4n) is 3.11. The standard InChI is InChI=1S/C20H25N2Si/c1-14-13-21-10-9-18(14)20-19-8-7-17(23(4,5)6)12-16(19)11-15(2)22(20)3/h7-13H,1-6H3/q+1. The normalized spacial score (nSPS) is 11.9. The van der Waals surface area contributed by atoms with Gasteiger partial charge in [0.05, 0.1) is 19.0 Å². The Hall–Kier alpha value is -2.00. The van der Waals surface area contributed by atoms with Crippen LogP contribution >= 0.6 is 0 Å². The molecule has 2 aromatic heterocycles. The van der Waals surface area contributed by atoms with E-state index in [0.29, 0.717) is 0 Å². The molecule has 0 aliphatic rings. The van der Waals surface area contributed by atoms with Gasteiger partial charge in [0.2, 0.25) is 5.69 Å². The average molecular weight is 322 g/mol. The predicted octanol–water partition coefficient (Wildman–Crippen LogP) is 3.89. The van der Waals surface area contributed by atoms with Crippen molar-refractivity contribution in [3.8, 4) is 11.3 Å². The maximum Gasteiger partial charge on any atom is 0.220 e. The number of fused-ring (bicyclic) bond motifs is 1. The van der Waals surface area contributed by atoms with Gasteiger partial charge in [-0.3, -0.25) is 4.98 Å². The molecular weight excluding hydrogens is 296 g/mol. The first-order valence-electron chi connectivity index (χ1n) is 8.14. The lowest BCUT2D eigenvalue weighted by molar-refractivity contribution is -0.665. The third-order valence-electron chi connectivity index (χ3n) is 4.68. The number of aromatic nitrogens is 2. The molecule has 118 valence electrons. The Kier molecular flexibility index (Phi) is 3.84. The summed E-state index contributed by atoms with van der Waals surface area (Å²) in [4.78, 5) is 4.25. The van der Waals surface area contributed by atoms with E-state index >= 15 is 0 Å². The van der Waals surface area contributed by atoms with Crippen molar-refractivity contribution >= 4 is 24.0 Å².